The van der Waals surface area contributed by atoms with E-state index < -0.39 is 22.7 Å². The fraction of sp³-hybridized carbons (Fsp3) is 0.500. The lowest BCUT2D eigenvalue weighted by Crippen LogP contribution is -2.41. The molecule has 0 bridgehead atoms. The maximum absolute atomic E-state index is 11.5. The Morgan fingerprint density at radius 1 is 1.50 bits per heavy atom. The van der Waals surface area contributed by atoms with Crippen LogP contribution >= 0.6 is 11.6 Å². The van der Waals surface area contributed by atoms with Crippen molar-refractivity contribution in [1.29, 1.82) is 0 Å². The van der Waals surface area contributed by atoms with Gasteiger partial charge in [0.2, 0.25) is 0 Å². The number of rotatable bonds is 5. The summed E-state index contributed by atoms with van der Waals surface area (Å²) in [7, 11) is 0. The maximum Gasteiger partial charge on any atom is 0.407 e. The molecule has 8 heteroatoms. The number of nitrogens with one attached hydrogen (secondary N) is 1. The van der Waals surface area contributed by atoms with Gasteiger partial charge in [0.1, 0.15) is 5.60 Å². The molecule has 0 heterocycles. The third-order valence-corrected chi connectivity index (χ3v) is 2.86. The zero-order chi connectivity index (χ0) is 16.9. The molecule has 1 aromatic carbocycles. The number of carbonyl (C=O) groups excluding carboxylic acids is 1. The summed E-state index contributed by atoms with van der Waals surface area (Å²) in [6.45, 7) is 5.39. The topological polar surface area (TPSA) is 107 Å². The molecule has 1 unspecified atom stereocenters. The number of nitrogens with zero attached hydrogens (tertiary/aromatic N) is 1. The van der Waals surface area contributed by atoms with Gasteiger partial charge in [-0.15, -0.1) is 0 Å². The fourth-order valence-electron chi connectivity index (χ4n) is 1.78. The molecule has 0 saturated carbocycles. The highest BCUT2D eigenvalue weighted by Gasteiger charge is 2.19. The van der Waals surface area contributed by atoms with Gasteiger partial charge in [-0.1, -0.05) is 11.6 Å². The first kappa shape index (κ1) is 18.2. The first-order valence-electron chi connectivity index (χ1n) is 6.74. The lowest BCUT2D eigenvalue weighted by molar-refractivity contribution is -0.385. The molecular weight excluding hydrogens is 310 g/mol. The van der Waals surface area contributed by atoms with Crippen molar-refractivity contribution in [2.24, 2.45) is 5.73 Å². The molecule has 0 aromatic heterocycles. The zero-order valence-electron chi connectivity index (χ0n) is 12.8. The van der Waals surface area contributed by atoms with Crippen LogP contribution in [0.4, 0.5) is 10.5 Å². The number of alkyl carbamates (subject to hydrolysis) is 1. The Morgan fingerprint density at radius 3 is 2.68 bits per heavy atom. The highest BCUT2D eigenvalue weighted by molar-refractivity contribution is 6.30. The molecule has 122 valence electrons. The maximum atomic E-state index is 11.5. The quantitative estimate of drug-likeness (QED) is 0.637. The van der Waals surface area contributed by atoms with Crippen molar-refractivity contribution >= 4 is 23.4 Å². The number of hydrogen-bond acceptors (Lipinski definition) is 5. The highest BCUT2D eigenvalue weighted by Crippen LogP contribution is 2.23. The van der Waals surface area contributed by atoms with Crippen LogP contribution in [0.15, 0.2) is 18.2 Å². The van der Waals surface area contributed by atoms with Gasteiger partial charge >= 0.3 is 6.09 Å². The summed E-state index contributed by atoms with van der Waals surface area (Å²) >= 11 is 5.85. The van der Waals surface area contributed by atoms with Crippen molar-refractivity contribution in [3.63, 3.8) is 0 Å². The third-order valence-electron chi connectivity index (χ3n) is 2.63. The van der Waals surface area contributed by atoms with E-state index >= 15 is 0 Å². The molecule has 7 nitrogen and oxygen atoms in total. The van der Waals surface area contributed by atoms with Gasteiger partial charge in [0.05, 0.1) is 4.92 Å². The van der Waals surface area contributed by atoms with Crippen LogP contribution in [0.2, 0.25) is 5.02 Å². The van der Waals surface area contributed by atoms with Crippen LogP contribution in [0.3, 0.4) is 0 Å². The van der Waals surface area contributed by atoms with Crippen molar-refractivity contribution in [2.45, 2.75) is 38.8 Å². The van der Waals surface area contributed by atoms with E-state index in [1.807, 2.05) is 0 Å². The van der Waals surface area contributed by atoms with Gasteiger partial charge in [-0.25, -0.2) is 4.79 Å². The van der Waals surface area contributed by atoms with E-state index in [1.165, 1.54) is 18.2 Å². The number of amides is 1. The second kappa shape index (κ2) is 7.42. The largest absolute Gasteiger partial charge is 0.444 e. The van der Waals surface area contributed by atoms with Gasteiger partial charge in [-0.2, -0.15) is 0 Å². The molecule has 3 N–H and O–H groups in total. The molecule has 0 radical (unpaired) electrons. The summed E-state index contributed by atoms with van der Waals surface area (Å²) in [6, 6.07) is 3.80. The molecule has 0 aliphatic rings. The molecule has 0 aliphatic carbocycles. The zero-order valence-corrected chi connectivity index (χ0v) is 13.5. The second-order valence-electron chi connectivity index (χ2n) is 5.88. The number of ether oxygens (including phenoxy) is 1. The first-order chi connectivity index (χ1) is 10.1. The average molecular weight is 330 g/mol. The van der Waals surface area contributed by atoms with Gasteiger partial charge in [-0.3, -0.25) is 10.1 Å². The molecule has 1 amide bonds. The van der Waals surface area contributed by atoms with Crippen LogP contribution in [-0.2, 0) is 11.2 Å². The summed E-state index contributed by atoms with van der Waals surface area (Å²) < 4.78 is 5.08. The van der Waals surface area contributed by atoms with Gasteiger partial charge in [0.15, 0.2) is 0 Å². The van der Waals surface area contributed by atoms with E-state index in [0.29, 0.717) is 10.6 Å². The lowest BCUT2D eigenvalue weighted by atomic mass is 10.0. The Kier molecular flexibility index (Phi) is 6.13. The van der Waals surface area contributed by atoms with Crippen molar-refractivity contribution in [3.05, 3.63) is 38.9 Å². The lowest BCUT2D eigenvalue weighted by Gasteiger charge is -2.20. The number of nitro benzene ring substituents is 1. The van der Waals surface area contributed by atoms with Crippen LogP contribution < -0.4 is 11.1 Å². The number of nitro groups is 1. The Hall–Kier alpha value is -1.86. The van der Waals surface area contributed by atoms with E-state index in [2.05, 4.69) is 5.32 Å². The van der Waals surface area contributed by atoms with E-state index in [-0.39, 0.29) is 18.7 Å². The van der Waals surface area contributed by atoms with Gasteiger partial charge < -0.3 is 15.8 Å². The Morgan fingerprint density at radius 2 is 2.14 bits per heavy atom. The van der Waals surface area contributed by atoms with Gasteiger partial charge in [0.25, 0.3) is 5.69 Å². The van der Waals surface area contributed by atoms with Crippen molar-refractivity contribution in [1.82, 2.24) is 5.32 Å². The summed E-state index contributed by atoms with van der Waals surface area (Å²) in [5.41, 5.74) is 5.69. The molecular formula is C14H20ClN3O4. The molecule has 0 spiro atoms. The predicted octanol–water partition coefficient (Wildman–Crippen LogP) is 2.64. The molecule has 1 aromatic rings. The van der Waals surface area contributed by atoms with Gasteiger partial charge in [0, 0.05) is 29.2 Å². The van der Waals surface area contributed by atoms with Crippen LogP contribution in [0.1, 0.15) is 26.3 Å². The number of benzene rings is 1. The number of hydrogen-bond donors (Lipinski definition) is 2. The minimum absolute atomic E-state index is 0.0443. The summed E-state index contributed by atoms with van der Waals surface area (Å²) in [5.74, 6) is 0. The third kappa shape index (κ3) is 6.28. The van der Waals surface area contributed by atoms with Crippen molar-refractivity contribution < 1.29 is 14.5 Å². The Labute approximate surface area is 133 Å². The molecule has 22 heavy (non-hydrogen) atoms. The standard InChI is InChI=1S/C14H20ClN3O4/c1-14(2,3)22-13(19)17-8-11(16)7-9-6-10(15)4-5-12(9)18(20)21/h4-6,11H,7-8,16H2,1-3H3,(H,17,19). The highest BCUT2D eigenvalue weighted by atomic mass is 35.5. The van der Waals surface area contributed by atoms with Crippen LogP contribution in [0.5, 0.6) is 0 Å². The Balaban J connectivity index is 2.62. The van der Waals surface area contributed by atoms with Crippen LogP contribution in [0, 0.1) is 10.1 Å². The van der Waals surface area contributed by atoms with E-state index in [0.717, 1.165) is 0 Å². The van der Waals surface area contributed by atoms with Gasteiger partial charge in [-0.05, 0) is 39.3 Å². The summed E-state index contributed by atoms with van der Waals surface area (Å²) in [6.07, 6.45) is -0.365. The molecule has 1 atom stereocenters. The SMILES string of the molecule is CC(C)(C)OC(=O)NCC(N)Cc1cc(Cl)ccc1[N+](=O)[O-]. The fourth-order valence-corrected chi connectivity index (χ4v) is 1.97. The minimum Gasteiger partial charge on any atom is -0.444 e. The molecule has 0 fully saturated rings. The number of nitrogens with two attached hydrogens (primary N) is 1. The number of carbonyl (C=O) groups is 1. The summed E-state index contributed by atoms with van der Waals surface area (Å²) in [4.78, 5) is 22.0. The normalized spacial score (nSPS) is 12.6. The van der Waals surface area contributed by atoms with Crippen molar-refractivity contribution in [3.8, 4) is 0 Å². The van der Waals surface area contributed by atoms with Crippen LogP contribution in [-0.4, -0.2) is 29.2 Å². The van der Waals surface area contributed by atoms with Crippen LogP contribution in [0.25, 0.3) is 0 Å². The van der Waals surface area contributed by atoms with E-state index in [1.54, 1.807) is 20.8 Å². The molecule has 0 aliphatic heterocycles. The average Bonchev–Trinajstić information content (AvgIpc) is 2.34. The van der Waals surface area contributed by atoms with Crippen molar-refractivity contribution in [2.75, 3.05) is 6.54 Å². The van der Waals surface area contributed by atoms with E-state index in [4.69, 9.17) is 22.1 Å². The minimum atomic E-state index is -0.597. The second-order valence-corrected chi connectivity index (χ2v) is 6.31. The Bertz CT molecular complexity index is 558. The number of halogens is 1. The first-order valence-corrected chi connectivity index (χ1v) is 7.11. The van der Waals surface area contributed by atoms with E-state index in [9.17, 15) is 14.9 Å². The predicted molar refractivity (Wildman–Crippen MR) is 84.0 cm³/mol. The molecule has 0 saturated heterocycles. The monoisotopic (exact) mass is 329 g/mol. The summed E-state index contributed by atoms with van der Waals surface area (Å²) in [5, 5.41) is 13.9. The molecule has 1 rings (SSSR count). The smallest absolute Gasteiger partial charge is 0.407 e.